The number of hydrogen-bond donors (Lipinski definition) is 1. The zero-order chi connectivity index (χ0) is 17.8. The summed E-state index contributed by atoms with van der Waals surface area (Å²) >= 11 is 0. The molecule has 1 aliphatic heterocycles. The standard InChI is InChI=1S/C18H20FN3O3/c1-12-16(14-5-3-4-6-15(14)19)25-21-17(12)20-18(23)22-9-7-13(8-10-22)11-24-2/h3-7H,8-11H2,1-2H3,(H,20,21,23). The van der Waals surface area contributed by atoms with Crippen LogP contribution in [0.3, 0.4) is 0 Å². The molecule has 1 aromatic carbocycles. The summed E-state index contributed by atoms with van der Waals surface area (Å²) in [5, 5.41) is 6.61. The Morgan fingerprint density at radius 1 is 1.44 bits per heavy atom. The van der Waals surface area contributed by atoms with Gasteiger partial charge in [0.05, 0.1) is 12.2 Å². The van der Waals surface area contributed by atoms with Crippen molar-refractivity contribution in [2.45, 2.75) is 13.3 Å². The molecule has 132 valence electrons. The lowest BCUT2D eigenvalue weighted by atomic mass is 10.1. The number of halogens is 1. The third-order valence-electron chi connectivity index (χ3n) is 4.19. The number of hydrogen-bond acceptors (Lipinski definition) is 4. The van der Waals surface area contributed by atoms with Gasteiger partial charge in [0.1, 0.15) is 5.82 Å². The van der Waals surface area contributed by atoms with Gasteiger partial charge in [0.25, 0.3) is 0 Å². The Hall–Kier alpha value is -2.67. The molecule has 0 radical (unpaired) electrons. The monoisotopic (exact) mass is 345 g/mol. The lowest BCUT2D eigenvalue weighted by Crippen LogP contribution is -2.38. The van der Waals surface area contributed by atoms with E-state index in [0.29, 0.717) is 42.4 Å². The van der Waals surface area contributed by atoms with Crippen LogP contribution in [0, 0.1) is 12.7 Å². The maximum absolute atomic E-state index is 13.9. The minimum absolute atomic E-state index is 0.260. The molecule has 0 unspecified atom stereocenters. The van der Waals surface area contributed by atoms with E-state index in [1.807, 2.05) is 6.08 Å². The fourth-order valence-electron chi connectivity index (χ4n) is 2.74. The largest absolute Gasteiger partial charge is 0.380 e. The highest BCUT2D eigenvalue weighted by atomic mass is 19.1. The zero-order valence-electron chi connectivity index (χ0n) is 14.2. The fraction of sp³-hybridized carbons (Fsp3) is 0.333. The van der Waals surface area contributed by atoms with Gasteiger partial charge >= 0.3 is 6.03 Å². The Bertz CT molecular complexity index is 801. The molecule has 0 saturated carbocycles. The van der Waals surface area contributed by atoms with E-state index in [0.717, 1.165) is 6.42 Å². The number of amides is 2. The molecule has 0 aliphatic carbocycles. The van der Waals surface area contributed by atoms with Crippen molar-refractivity contribution in [2.75, 3.05) is 32.1 Å². The van der Waals surface area contributed by atoms with Crippen LogP contribution in [0.4, 0.5) is 15.0 Å². The van der Waals surface area contributed by atoms with Gasteiger partial charge in [-0.25, -0.2) is 9.18 Å². The average molecular weight is 345 g/mol. The van der Waals surface area contributed by atoms with Crippen molar-refractivity contribution in [3.05, 3.63) is 47.3 Å². The van der Waals surface area contributed by atoms with Crippen LogP contribution in [-0.2, 0) is 4.74 Å². The molecule has 0 atom stereocenters. The third-order valence-corrected chi connectivity index (χ3v) is 4.19. The van der Waals surface area contributed by atoms with Crippen molar-refractivity contribution in [3.63, 3.8) is 0 Å². The van der Waals surface area contributed by atoms with Gasteiger partial charge in [0, 0.05) is 25.8 Å². The second kappa shape index (κ2) is 7.48. The molecule has 1 aromatic heterocycles. The first kappa shape index (κ1) is 17.2. The van der Waals surface area contributed by atoms with Gasteiger partial charge in [-0.15, -0.1) is 0 Å². The topological polar surface area (TPSA) is 67.6 Å². The summed E-state index contributed by atoms with van der Waals surface area (Å²) in [6.07, 6.45) is 2.77. The molecule has 3 rings (SSSR count). The summed E-state index contributed by atoms with van der Waals surface area (Å²) in [4.78, 5) is 14.1. The van der Waals surface area contributed by atoms with Gasteiger partial charge in [-0.2, -0.15) is 0 Å². The highest BCUT2D eigenvalue weighted by molar-refractivity contribution is 5.90. The number of benzene rings is 1. The van der Waals surface area contributed by atoms with Crippen LogP contribution in [-0.4, -0.2) is 42.9 Å². The van der Waals surface area contributed by atoms with E-state index in [-0.39, 0.29) is 6.03 Å². The van der Waals surface area contributed by atoms with Gasteiger partial charge < -0.3 is 14.2 Å². The Morgan fingerprint density at radius 2 is 2.24 bits per heavy atom. The smallest absolute Gasteiger partial charge is 0.323 e. The van der Waals surface area contributed by atoms with E-state index in [4.69, 9.17) is 9.26 Å². The van der Waals surface area contributed by atoms with E-state index < -0.39 is 5.82 Å². The molecular formula is C18H20FN3O3. The number of nitrogens with zero attached hydrogens (tertiary/aromatic N) is 2. The molecule has 2 heterocycles. The number of nitrogens with one attached hydrogen (secondary N) is 1. The first-order valence-electron chi connectivity index (χ1n) is 8.04. The minimum Gasteiger partial charge on any atom is -0.380 e. The predicted octanol–water partition coefficient (Wildman–Crippen LogP) is 3.60. The van der Waals surface area contributed by atoms with Crippen LogP contribution in [0.15, 0.2) is 40.4 Å². The lowest BCUT2D eigenvalue weighted by Gasteiger charge is -2.26. The Balaban J connectivity index is 1.70. The summed E-state index contributed by atoms with van der Waals surface area (Å²) in [5.41, 5.74) is 2.09. The number of aromatic nitrogens is 1. The maximum Gasteiger partial charge on any atom is 0.323 e. The van der Waals surface area contributed by atoms with Crippen LogP contribution in [0.25, 0.3) is 11.3 Å². The number of carbonyl (C=O) groups excluding carboxylic acids is 1. The SMILES string of the molecule is COCC1=CCN(C(=O)Nc2noc(-c3ccccc3F)c2C)CC1. The molecule has 6 nitrogen and oxygen atoms in total. The molecule has 0 saturated heterocycles. The normalized spacial score (nSPS) is 14.4. The van der Waals surface area contributed by atoms with Crippen molar-refractivity contribution in [1.29, 1.82) is 0 Å². The Kier molecular flexibility index (Phi) is 5.14. The Morgan fingerprint density at radius 3 is 2.92 bits per heavy atom. The van der Waals surface area contributed by atoms with Crippen molar-refractivity contribution < 1.29 is 18.4 Å². The van der Waals surface area contributed by atoms with Gasteiger partial charge in [-0.3, -0.25) is 5.32 Å². The van der Waals surface area contributed by atoms with Crippen LogP contribution in [0.2, 0.25) is 0 Å². The van der Waals surface area contributed by atoms with E-state index in [1.165, 1.54) is 11.6 Å². The lowest BCUT2D eigenvalue weighted by molar-refractivity contribution is 0.203. The first-order valence-corrected chi connectivity index (χ1v) is 8.04. The second-order valence-electron chi connectivity index (χ2n) is 5.89. The summed E-state index contributed by atoms with van der Waals surface area (Å²) in [6, 6.07) is 6.03. The molecule has 2 aromatic rings. The maximum atomic E-state index is 13.9. The molecular weight excluding hydrogens is 325 g/mol. The van der Waals surface area contributed by atoms with Gasteiger partial charge in [0.2, 0.25) is 0 Å². The van der Waals surface area contributed by atoms with E-state index in [2.05, 4.69) is 10.5 Å². The highest BCUT2D eigenvalue weighted by Crippen LogP contribution is 2.30. The third kappa shape index (κ3) is 3.71. The van der Waals surface area contributed by atoms with E-state index in [9.17, 15) is 9.18 Å². The molecule has 1 aliphatic rings. The zero-order valence-corrected chi connectivity index (χ0v) is 14.2. The number of ether oxygens (including phenoxy) is 1. The number of urea groups is 1. The van der Waals surface area contributed by atoms with E-state index in [1.54, 1.807) is 37.1 Å². The van der Waals surface area contributed by atoms with Crippen LogP contribution in [0.1, 0.15) is 12.0 Å². The van der Waals surface area contributed by atoms with Crippen molar-refractivity contribution in [2.24, 2.45) is 0 Å². The number of methoxy groups -OCH3 is 1. The van der Waals surface area contributed by atoms with Gasteiger partial charge in [-0.05, 0) is 31.1 Å². The number of carbonyl (C=O) groups is 1. The summed E-state index contributed by atoms with van der Waals surface area (Å²) < 4.78 is 24.3. The van der Waals surface area contributed by atoms with Gasteiger partial charge in [0.15, 0.2) is 11.6 Å². The quantitative estimate of drug-likeness (QED) is 0.860. The number of anilines is 1. The molecule has 2 amide bonds. The van der Waals surface area contributed by atoms with Crippen LogP contribution in [0.5, 0.6) is 0 Å². The molecule has 0 fully saturated rings. The second-order valence-corrected chi connectivity index (χ2v) is 5.89. The Labute approximate surface area is 145 Å². The van der Waals surface area contributed by atoms with Crippen molar-refractivity contribution in [3.8, 4) is 11.3 Å². The molecule has 0 bridgehead atoms. The molecule has 1 N–H and O–H groups in total. The van der Waals surface area contributed by atoms with Crippen molar-refractivity contribution in [1.82, 2.24) is 10.1 Å². The van der Waals surface area contributed by atoms with Crippen LogP contribution < -0.4 is 5.32 Å². The molecule has 0 spiro atoms. The summed E-state index contributed by atoms with van der Waals surface area (Å²) in [7, 11) is 1.65. The first-order chi connectivity index (χ1) is 12.1. The minimum atomic E-state index is -0.397. The predicted molar refractivity (Wildman–Crippen MR) is 91.8 cm³/mol. The van der Waals surface area contributed by atoms with Crippen molar-refractivity contribution >= 4 is 11.8 Å². The van der Waals surface area contributed by atoms with Crippen LogP contribution >= 0.6 is 0 Å². The van der Waals surface area contributed by atoms with E-state index >= 15 is 0 Å². The average Bonchev–Trinajstić information content (AvgIpc) is 2.97. The molecule has 25 heavy (non-hydrogen) atoms. The molecule has 7 heteroatoms. The van der Waals surface area contributed by atoms with Gasteiger partial charge in [-0.1, -0.05) is 23.4 Å². The summed E-state index contributed by atoms with van der Waals surface area (Å²) in [6.45, 7) is 3.45. The highest BCUT2D eigenvalue weighted by Gasteiger charge is 2.22. The number of rotatable bonds is 4. The fourth-order valence-corrected chi connectivity index (χ4v) is 2.74. The summed E-state index contributed by atoms with van der Waals surface area (Å²) in [5.74, 6) is 0.218.